The first-order valence-electron chi connectivity index (χ1n) is 3.06. The Morgan fingerprint density at radius 3 is 3.00 bits per heavy atom. The molecule has 1 atom stereocenters. The predicted molar refractivity (Wildman–Crippen MR) is 47.3 cm³/mol. The van der Waals surface area contributed by atoms with Gasteiger partial charge in [-0.05, 0) is 6.92 Å². The second kappa shape index (κ2) is 3.34. The third-order valence-corrected chi connectivity index (χ3v) is 2.75. The molecule has 0 N–H and O–H groups in total. The summed E-state index contributed by atoms with van der Waals surface area (Å²) >= 11 is 6.70. The highest BCUT2D eigenvalue weighted by atomic mass is 32.2. The monoisotopic (exact) mass is 175 g/mol. The van der Waals surface area contributed by atoms with Gasteiger partial charge in [-0.2, -0.15) is 0 Å². The molecule has 1 aliphatic heterocycles. The number of hydrogen-bond acceptors (Lipinski definition) is 3. The van der Waals surface area contributed by atoms with Gasteiger partial charge in [-0.25, -0.2) is 0 Å². The van der Waals surface area contributed by atoms with Gasteiger partial charge in [-0.15, -0.1) is 11.8 Å². The fourth-order valence-corrected chi connectivity index (χ4v) is 2.36. The number of rotatable bonds is 1. The molecule has 0 unspecified atom stereocenters. The van der Waals surface area contributed by atoms with Gasteiger partial charge in [0, 0.05) is 5.75 Å². The summed E-state index contributed by atoms with van der Waals surface area (Å²) in [6, 6.07) is 0.0301. The van der Waals surface area contributed by atoms with Crippen LogP contribution in [0.2, 0.25) is 0 Å². The number of thiocarbonyl (C=S) groups is 1. The van der Waals surface area contributed by atoms with Crippen LogP contribution in [0, 0.1) is 0 Å². The average molecular weight is 175 g/mol. The van der Waals surface area contributed by atoms with Crippen molar-refractivity contribution >= 4 is 35.3 Å². The SMILES string of the molecule is CC(=S)N1CSC[C@H]1C=O. The fraction of sp³-hybridized carbons (Fsp3) is 0.667. The van der Waals surface area contributed by atoms with E-state index in [2.05, 4.69) is 0 Å². The van der Waals surface area contributed by atoms with Gasteiger partial charge in [0.05, 0.1) is 16.9 Å². The van der Waals surface area contributed by atoms with E-state index in [9.17, 15) is 4.79 Å². The third kappa shape index (κ3) is 1.49. The lowest BCUT2D eigenvalue weighted by atomic mass is 10.3. The van der Waals surface area contributed by atoms with E-state index in [1.54, 1.807) is 11.8 Å². The first kappa shape index (κ1) is 8.01. The first-order valence-corrected chi connectivity index (χ1v) is 4.62. The maximum absolute atomic E-state index is 10.4. The van der Waals surface area contributed by atoms with Crippen LogP contribution in [0.25, 0.3) is 0 Å². The van der Waals surface area contributed by atoms with E-state index < -0.39 is 0 Å². The van der Waals surface area contributed by atoms with Gasteiger partial charge in [-0.3, -0.25) is 0 Å². The van der Waals surface area contributed by atoms with Crippen molar-refractivity contribution in [2.75, 3.05) is 11.6 Å². The minimum atomic E-state index is 0.0301. The van der Waals surface area contributed by atoms with Crippen molar-refractivity contribution in [1.29, 1.82) is 0 Å². The molecule has 0 spiro atoms. The highest BCUT2D eigenvalue weighted by Crippen LogP contribution is 2.19. The molecule has 1 saturated heterocycles. The lowest BCUT2D eigenvalue weighted by Crippen LogP contribution is -2.34. The van der Waals surface area contributed by atoms with Crippen LogP contribution in [0.4, 0.5) is 0 Å². The Kier molecular flexibility index (Phi) is 2.68. The van der Waals surface area contributed by atoms with Crippen LogP contribution in [0.15, 0.2) is 0 Å². The van der Waals surface area contributed by atoms with Crippen LogP contribution in [0.3, 0.4) is 0 Å². The van der Waals surface area contributed by atoms with Gasteiger partial charge in [0.15, 0.2) is 0 Å². The summed E-state index contributed by atoms with van der Waals surface area (Å²) in [6.07, 6.45) is 0.968. The summed E-state index contributed by atoms with van der Waals surface area (Å²) in [5.74, 6) is 1.76. The maximum Gasteiger partial charge on any atom is 0.143 e. The highest BCUT2D eigenvalue weighted by Gasteiger charge is 2.23. The summed E-state index contributed by atoms with van der Waals surface area (Å²) in [4.78, 5) is 13.2. The molecule has 1 aliphatic rings. The first-order chi connectivity index (χ1) is 4.75. The Labute approximate surface area is 70.0 Å². The summed E-state index contributed by atoms with van der Waals surface area (Å²) in [5, 5.41) is 0. The summed E-state index contributed by atoms with van der Waals surface area (Å²) in [7, 11) is 0. The molecule has 0 amide bonds. The van der Waals surface area contributed by atoms with Gasteiger partial charge in [0.1, 0.15) is 6.29 Å². The Morgan fingerprint density at radius 2 is 2.60 bits per heavy atom. The predicted octanol–water partition coefficient (Wildman–Crippen LogP) is 0.907. The van der Waals surface area contributed by atoms with Crippen LogP contribution in [-0.4, -0.2) is 33.8 Å². The zero-order valence-electron chi connectivity index (χ0n) is 5.74. The number of hydrogen-bond donors (Lipinski definition) is 0. The van der Waals surface area contributed by atoms with Crippen LogP contribution in [0.5, 0.6) is 0 Å². The Hall–Kier alpha value is -0.0900. The third-order valence-electron chi connectivity index (χ3n) is 1.48. The molecule has 1 rings (SSSR count). The van der Waals surface area contributed by atoms with E-state index in [4.69, 9.17) is 12.2 Å². The number of nitrogens with zero attached hydrogens (tertiary/aromatic N) is 1. The van der Waals surface area contributed by atoms with Crippen molar-refractivity contribution < 1.29 is 4.79 Å². The molecule has 1 fully saturated rings. The molecule has 0 aromatic rings. The van der Waals surface area contributed by atoms with E-state index >= 15 is 0 Å². The van der Waals surface area contributed by atoms with Crippen molar-refractivity contribution in [2.45, 2.75) is 13.0 Å². The molecular formula is C6H9NOS2. The van der Waals surface area contributed by atoms with E-state index in [1.165, 1.54) is 0 Å². The van der Waals surface area contributed by atoms with Crippen molar-refractivity contribution in [3.8, 4) is 0 Å². The van der Waals surface area contributed by atoms with E-state index in [1.807, 2.05) is 11.8 Å². The summed E-state index contributed by atoms with van der Waals surface area (Å²) in [6.45, 7) is 1.86. The topological polar surface area (TPSA) is 20.3 Å². The van der Waals surface area contributed by atoms with Crippen molar-refractivity contribution in [3.05, 3.63) is 0 Å². The van der Waals surface area contributed by atoms with Crippen LogP contribution < -0.4 is 0 Å². The van der Waals surface area contributed by atoms with Gasteiger partial charge >= 0.3 is 0 Å². The van der Waals surface area contributed by atoms with Gasteiger partial charge < -0.3 is 9.69 Å². The standard InChI is InChI=1S/C6H9NOS2/c1-5(9)7-4-10-3-6(7)2-8/h2,6H,3-4H2,1H3/t6-/m1/s1. The van der Waals surface area contributed by atoms with Crippen molar-refractivity contribution in [2.24, 2.45) is 0 Å². The Morgan fingerprint density at radius 1 is 1.90 bits per heavy atom. The highest BCUT2D eigenvalue weighted by molar-refractivity contribution is 7.99. The lowest BCUT2D eigenvalue weighted by molar-refractivity contribution is -0.110. The molecule has 0 radical (unpaired) electrons. The minimum Gasteiger partial charge on any atom is -0.347 e. The number of aldehydes is 1. The Balaban J connectivity index is 2.58. The average Bonchev–Trinajstić information content (AvgIpc) is 2.33. The van der Waals surface area contributed by atoms with E-state index in [0.29, 0.717) is 0 Å². The van der Waals surface area contributed by atoms with Crippen LogP contribution in [0.1, 0.15) is 6.92 Å². The van der Waals surface area contributed by atoms with Crippen molar-refractivity contribution in [3.63, 3.8) is 0 Å². The maximum atomic E-state index is 10.4. The number of carbonyl (C=O) groups excluding carboxylic acids is 1. The molecule has 2 nitrogen and oxygen atoms in total. The largest absolute Gasteiger partial charge is 0.347 e. The molecule has 0 bridgehead atoms. The normalized spacial score (nSPS) is 24.9. The van der Waals surface area contributed by atoms with E-state index in [0.717, 1.165) is 22.9 Å². The summed E-state index contributed by atoms with van der Waals surface area (Å²) in [5.41, 5.74) is 0. The zero-order chi connectivity index (χ0) is 7.56. The number of thioether (sulfide) groups is 1. The van der Waals surface area contributed by atoms with Crippen molar-refractivity contribution in [1.82, 2.24) is 4.90 Å². The van der Waals surface area contributed by atoms with Gasteiger partial charge in [-0.1, -0.05) is 12.2 Å². The Bertz CT molecular complexity index is 160. The molecule has 0 aromatic heterocycles. The molecule has 56 valence electrons. The minimum absolute atomic E-state index is 0.0301. The van der Waals surface area contributed by atoms with Crippen LogP contribution in [-0.2, 0) is 4.79 Å². The van der Waals surface area contributed by atoms with Crippen LogP contribution >= 0.6 is 24.0 Å². The van der Waals surface area contributed by atoms with E-state index in [-0.39, 0.29) is 6.04 Å². The second-order valence-electron chi connectivity index (χ2n) is 2.19. The second-order valence-corrected chi connectivity index (χ2v) is 3.78. The van der Waals surface area contributed by atoms with Gasteiger partial charge in [0.25, 0.3) is 0 Å². The quantitative estimate of drug-likeness (QED) is 0.436. The molecule has 0 saturated carbocycles. The molecule has 0 aliphatic carbocycles. The molecule has 0 aromatic carbocycles. The molecule has 10 heavy (non-hydrogen) atoms. The van der Waals surface area contributed by atoms with Gasteiger partial charge in [0.2, 0.25) is 0 Å². The zero-order valence-corrected chi connectivity index (χ0v) is 7.37. The smallest absolute Gasteiger partial charge is 0.143 e. The molecule has 4 heteroatoms. The fourth-order valence-electron chi connectivity index (χ4n) is 0.895. The summed E-state index contributed by atoms with van der Waals surface area (Å²) < 4.78 is 0. The molecular weight excluding hydrogens is 166 g/mol. The number of carbonyl (C=O) groups is 1. The molecule has 1 heterocycles. The lowest BCUT2D eigenvalue weighted by Gasteiger charge is -2.18.